The Kier molecular flexibility index (Phi) is 4.82. The van der Waals surface area contributed by atoms with E-state index < -0.39 is 44.4 Å². The zero-order chi connectivity index (χ0) is 19.2. The molecule has 0 spiro atoms. The van der Waals surface area contributed by atoms with E-state index in [1.807, 2.05) is 0 Å². The van der Waals surface area contributed by atoms with Crippen molar-refractivity contribution in [1.82, 2.24) is 4.57 Å². The first kappa shape index (κ1) is 18.8. The molecule has 1 aliphatic carbocycles. The Bertz CT molecular complexity index is 940. The minimum atomic E-state index is -5.01. The van der Waals surface area contributed by atoms with Gasteiger partial charge < -0.3 is 9.67 Å². The summed E-state index contributed by atoms with van der Waals surface area (Å²) in [5, 5.41) is 10.1. The molecule has 26 heavy (non-hydrogen) atoms. The van der Waals surface area contributed by atoms with E-state index in [2.05, 4.69) is 0 Å². The molecule has 1 aromatic heterocycles. The monoisotopic (exact) mass is 395 g/mol. The molecule has 0 radical (unpaired) electrons. The number of hydrogen-bond donors (Lipinski definition) is 1. The van der Waals surface area contributed by atoms with Crippen LogP contribution in [-0.2, 0) is 16.3 Å². The van der Waals surface area contributed by atoms with Crippen molar-refractivity contribution in [2.24, 2.45) is 0 Å². The van der Waals surface area contributed by atoms with Crippen LogP contribution in [0.15, 0.2) is 29.3 Å². The Morgan fingerprint density at radius 2 is 1.88 bits per heavy atom. The number of halogens is 5. The topological polar surface area (TPSA) is 59.3 Å². The molecule has 0 saturated heterocycles. The molecule has 0 saturated carbocycles. The number of nitrogens with zero attached hydrogens (tertiary/aromatic N) is 1. The Morgan fingerprint density at radius 3 is 2.50 bits per heavy atom. The highest BCUT2D eigenvalue weighted by molar-refractivity contribution is 7.91. The van der Waals surface area contributed by atoms with Crippen molar-refractivity contribution in [3.05, 3.63) is 47.0 Å². The van der Waals surface area contributed by atoms with Gasteiger partial charge in [-0.05, 0) is 37.5 Å². The van der Waals surface area contributed by atoms with Crippen LogP contribution in [0, 0.1) is 5.82 Å². The van der Waals surface area contributed by atoms with E-state index in [1.54, 1.807) is 0 Å². The first-order valence-corrected chi connectivity index (χ1v) is 9.21. The summed E-state index contributed by atoms with van der Waals surface area (Å²) in [5.74, 6) is -4.83. The second-order valence-electron chi connectivity index (χ2n) is 5.94. The number of benzene rings is 1. The van der Waals surface area contributed by atoms with Crippen molar-refractivity contribution in [2.75, 3.05) is 0 Å². The van der Waals surface area contributed by atoms with Gasteiger partial charge >= 0.3 is 5.76 Å². The van der Waals surface area contributed by atoms with Gasteiger partial charge in [-0.1, -0.05) is 0 Å². The van der Waals surface area contributed by atoms with Crippen molar-refractivity contribution >= 4 is 9.84 Å². The Hall–Kier alpha value is -1.94. The number of aliphatic hydroxyl groups is 1. The van der Waals surface area contributed by atoms with Crippen LogP contribution in [0.2, 0.25) is 0 Å². The van der Waals surface area contributed by atoms with Gasteiger partial charge in [0.2, 0.25) is 9.84 Å². The van der Waals surface area contributed by atoms with E-state index in [-0.39, 0.29) is 29.8 Å². The van der Waals surface area contributed by atoms with Crippen LogP contribution < -0.4 is 0 Å². The van der Waals surface area contributed by atoms with Crippen LogP contribution in [0.1, 0.15) is 42.2 Å². The molecular weight excluding hydrogens is 381 g/mol. The van der Waals surface area contributed by atoms with Gasteiger partial charge in [0.15, 0.2) is 0 Å². The first-order chi connectivity index (χ1) is 12.1. The molecule has 0 bridgehead atoms. The maximum atomic E-state index is 13.5. The second kappa shape index (κ2) is 6.66. The van der Waals surface area contributed by atoms with E-state index in [0.29, 0.717) is 6.42 Å². The molecule has 10 heteroatoms. The summed E-state index contributed by atoms with van der Waals surface area (Å²) in [6, 6.07) is 2.77. The molecule has 0 amide bonds. The number of hydrogen-bond acceptors (Lipinski definition) is 3. The zero-order valence-electron chi connectivity index (χ0n) is 13.2. The highest BCUT2D eigenvalue weighted by Crippen LogP contribution is 2.39. The van der Waals surface area contributed by atoms with E-state index in [4.69, 9.17) is 0 Å². The SMILES string of the molecule is O=S(=O)(c1cn(-c2ccc(F)c(C(F)F)c2)c2c1[C@H](O)CCC2)C(F)F. The lowest BCUT2D eigenvalue weighted by molar-refractivity contribution is 0.146. The Morgan fingerprint density at radius 1 is 1.19 bits per heavy atom. The fourth-order valence-corrected chi connectivity index (χ4v) is 4.16. The van der Waals surface area contributed by atoms with E-state index in [9.17, 15) is 35.5 Å². The molecule has 1 aliphatic rings. The van der Waals surface area contributed by atoms with Crippen LogP contribution >= 0.6 is 0 Å². The molecule has 1 atom stereocenters. The fourth-order valence-electron chi connectivity index (χ4n) is 3.16. The van der Waals surface area contributed by atoms with Gasteiger partial charge in [0, 0.05) is 23.1 Å². The molecule has 3 rings (SSSR count). The number of aliphatic hydroxyl groups excluding tert-OH is 1. The number of rotatable bonds is 4. The maximum Gasteiger partial charge on any atom is 0.341 e. The third-order valence-electron chi connectivity index (χ3n) is 4.37. The van der Waals surface area contributed by atoms with Crippen LogP contribution in [0.5, 0.6) is 0 Å². The number of sulfone groups is 1. The van der Waals surface area contributed by atoms with E-state index in [0.717, 1.165) is 29.0 Å². The molecule has 142 valence electrons. The Balaban J connectivity index is 2.26. The number of fused-ring (bicyclic) bond motifs is 1. The third kappa shape index (κ3) is 3.01. The van der Waals surface area contributed by atoms with Gasteiger partial charge in [0.1, 0.15) is 5.82 Å². The smallest absolute Gasteiger partial charge is 0.341 e. The fraction of sp³-hybridized carbons (Fsp3) is 0.375. The molecular formula is C16H14F5NO3S. The van der Waals surface area contributed by atoms with Gasteiger partial charge in [-0.25, -0.2) is 21.6 Å². The maximum absolute atomic E-state index is 13.5. The number of aromatic nitrogens is 1. The van der Waals surface area contributed by atoms with Crippen molar-refractivity contribution in [1.29, 1.82) is 0 Å². The number of alkyl halides is 4. The summed E-state index contributed by atoms with van der Waals surface area (Å²) in [6.07, 6.45) is -2.59. The summed E-state index contributed by atoms with van der Waals surface area (Å²) >= 11 is 0. The van der Waals surface area contributed by atoms with Gasteiger partial charge in [-0.2, -0.15) is 8.78 Å². The molecule has 2 aromatic rings. The molecule has 0 fully saturated rings. The summed E-state index contributed by atoms with van der Waals surface area (Å²) in [7, 11) is -5.01. The minimum Gasteiger partial charge on any atom is -0.388 e. The molecule has 1 N–H and O–H groups in total. The zero-order valence-corrected chi connectivity index (χ0v) is 14.0. The van der Waals surface area contributed by atoms with Crippen molar-refractivity contribution in [3.8, 4) is 5.69 Å². The highest BCUT2D eigenvalue weighted by Gasteiger charge is 2.36. The molecule has 0 aliphatic heterocycles. The standard InChI is InChI=1S/C16H14F5NO3S/c17-10-5-4-8(6-9(10)15(18)19)22-7-13(26(24,25)16(20)21)14-11(22)2-1-3-12(14)23/h4-7,12,15-16,23H,1-3H2/t12-/m1/s1. The van der Waals surface area contributed by atoms with Crippen molar-refractivity contribution in [2.45, 2.75) is 42.4 Å². The summed E-state index contributed by atoms with van der Waals surface area (Å²) in [4.78, 5) is -0.738. The molecule has 0 unspecified atom stereocenters. The second-order valence-corrected chi connectivity index (χ2v) is 7.83. The van der Waals surface area contributed by atoms with Crippen LogP contribution in [0.3, 0.4) is 0 Å². The van der Waals surface area contributed by atoms with Crippen LogP contribution in [-0.4, -0.2) is 23.8 Å². The molecule has 1 heterocycles. The van der Waals surface area contributed by atoms with Crippen LogP contribution in [0.25, 0.3) is 5.69 Å². The van der Waals surface area contributed by atoms with Crippen molar-refractivity contribution in [3.63, 3.8) is 0 Å². The van der Waals surface area contributed by atoms with Crippen molar-refractivity contribution < 1.29 is 35.5 Å². The van der Waals surface area contributed by atoms with Gasteiger partial charge in [0.05, 0.1) is 16.6 Å². The van der Waals surface area contributed by atoms with E-state index in [1.165, 1.54) is 0 Å². The predicted molar refractivity (Wildman–Crippen MR) is 81.8 cm³/mol. The minimum absolute atomic E-state index is 0.00256. The molecule has 1 aromatic carbocycles. The van der Waals surface area contributed by atoms with Gasteiger partial charge in [-0.3, -0.25) is 0 Å². The average molecular weight is 395 g/mol. The lowest BCUT2D eigenvalue weighted by Gasteiger charge is -2.21. The van der Waals surface area contributed by atoms with E-state index >= 15 is 0 Å². The Labute approximate surface area is 145 Å². The lowest BCUT2D eigenvalue weighted by atomic mass is 9.95. The average Bonchev–Trinajstić information content (AvgIpc) is 2.96. The molecule has 4 nitrogen and oxygen atoms in total. The predicted octanol–water partition coefficient (Wildman–Crippen LogP) is 3.92. The third-order valence-corrected chi connectivity index (χ3v) is 5.78. The highest BCUT2D eigenvalue weighted by atomic mass is 32.2. The van der Waals surface area contributed by atoms with Crippen LogP contribution in [0.4, 0.5) is 22.0 Å². The van der Waals surface area contributed by atoms with Gasteiger partial charge in [-0.15, -0.1) is 0 Å². The summed E-state index contributed by atoms with van der Waals surface area (Å²) in [6.45, 7) is 0. The first-order valence-electron chi connectivity index (χ1n) is 7.66. The summed E-state index contributed by atoms with van der Waals surface area (Å²) in [5.41, 5.74) is -0.809. The normalized spacial score (nSPS) is 17.8. The largest absolute Gasteiger partial charge is 0.388 e. The lowest BCUT2D eigenvalue weighted by Crippen LogP contribution is -2.16. The quantitative estimate of drug-likeness (QED) is 0.799. The summed E-state index contributed by atoms with van der Waals surface area (Å²) < 4.78 is 90.5. The van der Waals surface area contributed by atoms with Gasteiger partial charge in [0.25, 0.3) is 6.43 Å².